The van der Waals surface area contributed by atoms with Crippen molar-refractivity contribution in [1.29, 1.82) is 0 Å². The summed E-state index contributed by atoms with van der Waals surface area (Å²) in [6, 6.07) is 3.83. The molecule has 0 bridgehead atoms. The summed E-state index contributed by atoms with van der Waals surface area (Å²) in [4.78, 5) is 17.0. The molecule has 0 fully saturated rings. The van der Waals surface area contributed by atoms with Gasteiger partial charge < -0.3 is 10.6 Å². The Kier molecular flexibility index (Phi) is 4.32. The van der Waals surface area contributed by atoms with E-state index in [2.05, 4.69) is 20.7 Å². The van der Waals surface area contributed by atoms with Gasteiger partial charge in [-0.05, 0) is 45.2 Å². The normalized spacial score (nSPS) is 17.0. The van der Waals surface area contributed by atoms with Crippen molar-refractivity contribution in [1.82, 2.24) is 20.1 Å². The summed E-state index contributed by atoms with van der Waals surface area (Å²) < 4.78 is 1.91. The van der Waals surface area contributed by atoms with E-state index in [4.69, 9.17) is 0 Å². The molecule has 1 amide bonds. The molecule has 6 heteroatoms. The first-order chi connectivity index (χ1) is 11.1. The monoisotopic (exact) mass is 313 g/mol. The molecule has 1 aliphatic rings. The molecule has 0 aliphatic heterocycles. The van der Waals surface area contributed by atoms with Gasteiger partial charge in [0, 0.05) is 30.5 Å². The van der Waals surface area contributed by atoms with E-state index in [-0.39, 0.29) is 18.0 Å². The third-order valence-corrected chi connectivity index (χ3v) is 4.16. The van der Waals surface area contributed by atoms with Gasteiger partial charge >= 0.3 is 0 Å². The molecule has 2 N–H and O–H groups in total. The Balaban J connectivity index is 1.81. The van der Waals surface area contributed by atoms with Gasteiger partial charge in [-0.2, -0.15) is 5.10 Å². The Morgan fingerprint density at radius 3 is 3.04 bits per heavy atom. The summed E-state index contributed by atoms with van der Waals surface area (Å²) in [5, 5.41) is 10.7. The topological polar surface area (TPSA) is 71.8 Å². The molecule has 122 valence electrons. The molecule has 1 aliphatic carbocycles. The van der Waals surface area contributed by atoms with Crippen molar-refractivity contribution < 1.29 is 4.79 Å². The molecule has 23 heavy (non-hydrogen) atoms. The highest BCUT2D eigenvalue weighted by atomic mass is 16.1. The Bertz CT molecular complexity index is 707. The van der Waals surface area contributed by atoms with E-state index in [1.807, 2.05) is 31.8 Å². The maximum atomic E-state index is 12.7. The smallest absolute Gasteiger partial charge is 0.255 e. The first-order valence-corrected chi connectivity index (χ1v) is 8.09. The number of hydrogen-bond donors (Lipinski definition) is 2. The lowest BCUT2D eigenvalue weighted by Crippen LogP contribution is -2.32. The van der Waals surface area contributed by atoms with E-state index < -0.39 is 0 Å². The van der Waals surface area contributed by atoms with Gasteiger partial charge in [-0.15, -0.1) is 0 Å². The fraction of sp³-hybridized carbons (Fsp3) is 0.471. The fourth-order valence-electron chi connectivity index (χ4n) is 3.07. The molecule has 2 aromatic heterocycles. The van der Waals surface area contributed by atoms with Gasteiger partial charge in [0.25, 0.3) is 5.91 Å². The maximum Gasteiger partial charge on any atom is 0.255 e. The Morgan fingerprint density at radius 2 is 2.26 bits per heavy atom. The largest absolute Gasteiger partial charge is 0.367 e. The molecular formula is C17H23N5O. The molecule has 0 saturated carbocycles. The number of nitrogens with zero attached hydrogens (tertiary/aromatic N) is 3. The van der Waals surface area contributed by atoms with Gasteiger partial charge in [-0.25, -0.2) is 4.98 Å². The van der Waals surface area contributed by atoms with Crippen molar-refractivity contribution in [2.75, 3.05) is 5.32 Å². The number of anilines is 1. The molecule has 6 nitrogen and oxygen atoms in total. The van der Waals surface area contributed by atoms with Gasteiger partial charge in [0.1, 0.15) is 5.82 Å². The quantitative estimate of drug-likeness (QED) is 0.909. The number of hydrogen-bond acceptors (Lipinski definition) is 4. The first kappa shape index (κ1) is 15.5. The van der Waals surface area contributed by atoms with Gasteiger partial charge in [0.2, 0.25) is 0 Å². The van der Waals surface area contributed by atoms with Crippen molar-refractivity contribution in [3.63, 3.8) is 0 Å². The number of amides is 1. The molecule has 0 radical (unpaired) electrons. The zero-order chi connectivity index (χ0) is 16.4. The lowest BCUT2D eigenvalue weighted by Gasteiger charge is -2.24. The summed E-state index contributed by atoms with van der Waals surface area (Å²) in [7, 11) is 1.95. The standard InChI is InChI=1S/C17H23N5O/c1-11(2)20-16-12(6-5-9-18-16)17(23)21-14-7-4-8-15-13(14)10-19-22(15)3/h5-6,9-11,14H,4,7-8H2,1-3H3,(H,18,20)(H,21,23)/t14-/m1/s1. The molecule has 0 saturated heterocycles. The zero-order valence-electron chi connectivity index (χ0n) is 13.8. The number of carbonyl (C=O) groups excluding carboxylic acids is 1. The molecule has 2 aromatic rings. The van der Waals surface area contributed by atoms with Gasteiger partial charge in [0.05, 0.1) is 17.8 Å². The summed E-state index contributed by atoms with van der Waals surface area (Å²) in [6.45, 7) is 4.05. The predicted octanol–water partition coefficient (Wildman–Crippen LogP) is 2.44. The highest BCUT2D eigenvalue weighted by Crippen LogP contribution is 2.29. The van der Waals surface area contributed by atoms with Crippen LogP contribution >= 0.6 is 0 Å². The van der Waals surface area contributed by atoms with E-state index in [0.29, 0.717) is 11.4 Å². The average molecular weight is 313 g/mol. The second-order valence-corrected chi connectivity index (χ2v) is 6.29. The molecule has 3 rings (SSSR count). The number of pyridine rings is 1. The van der Waals surface area contributed by atoms with Gasteiger partial charge in [-0.1, -0.05) is 0 Å². The van der Waals surface area contributed by atoms with Gasteiger partial charge in [-0.3, -0.25) is 9.48 Å². The predicted molar refractivity (Wildman–Crippen MR) is 89.3 cm³/mol. The fourth-order valence-corrected chi connectivity index (χ4v) is 3.07. The lowest BCUT2D eigenvalue weighted by molar-refractivity contribution is 0.0933. The van der Waals surface area contributed by atoms with Crippen molar-refractivity contribution >= 4 is 11.7 Å². The SMILES string of the molecule is CC(C)Nc1ncccc1C(=O)N[C@@H]1CCCc2c1cnn2C. The van der Waals surface area contributed by atoms with Crippen LogP contribution in [0.25, 0.3) is 0 Å². The number of carbonyl (C=O) groups is 1. The third-order valence-electron chi connectivity index (χ3n) is 4.16. The summed E-state index contributed by atoms with van der Waals surface area (Å²) in [5.74, 6) is 0.533. The summed E-state index contributed by atoms with van der Waals surface area (Å²) in [5.41, 5.74) is 2.93. The summed E-state index contributed by atoms with van der Waals surface area (Å²) in [6.07, 6.45) is 6.59. The minimum absolute atomic E-state index is 0.0204. The number of aryl methyl sites for hydroxylation is 1. The molecule has 1 atom stereocenters. The number of nitrogens with one attached hydrogen (secondary N) is 2. The van der Waals surface area contributed by atoms with Crippen LogP contribution in [0, 0.1) is 0 Å². The lowest BCUT2D eigenvalue weighted by atomic mass is 9.93. The van der Waals surface area contributed by atoms with E-state index in [1.165, 1.54) is 5.69 Å². The molecule has 0 unspecified atom stereocenters. The Labute approximate surface area is 136 Å². The highest BCUT2D eigenvalue weighted by molar-refractivity contribution is 5.99. The van der Waals surface area contributed by atoms with Crippen molar-refractivity contribution in [3.05, 3.63) is 41.3 Å². The van der Waals surface area contributed by atoms with Crippen molar-refractivity contribution in [3.8, 4) is 0 Å². The van der Waals surface area contributed by atoms with E-state index in [9.17, 15) is 4.79 Å². The van der Waals surface area contributed by atoms with Crippen LogP contribution in [0.1, 0.15) is 54.3 Å². The second-order valence-electron chi connectivity index (χ2n) is 6.29. The van der Waals surface area contributed by atoms with Crippen molar-refractivity contribution in [2.24, 2.45) is 7.05 Å². The van der Waals surface area contributed by atoms with Crippen LogP contribution in [0.3, 0.4) is 0 Å². The summed E-state index contributed by atoms with van der Waals surface area (Å²) >= 11 is 0. The Morgan fingerprint density at radius 1 is 1.43 bits per heavy atom. The minimum Gasteiger partial charge on any atom is -0.367 e. The van der Waals surface area contributed by atoms with Crippen molar-refractivity contribution in [2.45, 2.75) is 45.2 Å². The number of aromatic nitrogens is 3. The van der Waals surface area contributed by atoms with Crippen LogP contribution < -0.4 is 10.6 Å². The molecule has 2 heterocycles. The number of fused-ring (bicyclic) bond motifs is 1. The third kappa shape index (κ3) is 3.21. The van der Waals surface area contributed by atoms with Crippen LogP contribution in [0.2, 0.25) is 0 Å². The number of rotatable bonds is 4. The van der Waals surface area contributed by atoms with Crippen LogP contribution in [0.4, 0.5) is 5.82 Å². The highest BCUT2D eigenvalue weighted by Gasteiger charge is 2.26. The van der Waals surface area contributed by atoms with Gasteiger partial charge in [0.15, 0.2) is 0 Å². The Hall–Kier alpha value is -2.37. The van der Waals surface area contributed by atoms with E-state index >= 15 is 0 Å². The minimum atomic E-state index is -0.0945. The average Bonchev–Trinajstić information content (AvgIpc) is 2.90. The van der Waals surface area contributed by atoms with E-state index in [1.54, 1.807) is 18.3 Å². The van der Waals surface area contributed by atoms with Crippen LogP contribution in [0.15, 0.2) is 24.5 Å². The van der Waals surface area contributed by atoms with Crippen LogP contribution in [0.5, 0.6) is 0 Å². The molecule has 0 aromatic carbocycles. The molecule has 0 spiro atoms. The first-order valence-electron chi connectivity index (χ1n) is 8.09. The molecular weight excluding hydrogens is 290 g/mol. The maximum absolute atomic E-state index is 12.7. The van der Waals surface area contributed by atoms with Crippen LogP contribution in [-0.4, -0.2) is 26.7 Å². The van der Waals surface area contributed by atoms with Crippen LogP contribution in [-0.2, 0) is 13.5 Å². The van der Waals surface area contributed by atoms with E-state index in [0.717, 1.165) is 24.8 Å². The second kappa shape index (κ2) is 6.40. The zero-order valence-corrected chi connectivity index (χ0v) is 13.8.